The van der Waals surface area contributed by atoms with Gasteiger partial charge in [-0.25, -0.2) is 9.67 Å². The van der Waals surface area contributed by atoms with E-state index in [0.717, 1.165) is 66.5 Å². The minimum atomic E-state index is -0.150. The van der Waals surface area contributed by atoms with Crippen LogP contribution in [0.25, 0.3) is 11.0 Å². The molecule has 2 aromatic heterocycles. The number of fused-ring (bicyclic) bond motifs is 2. The summed E-state index contributed by atoms with van der Waals surface area (Å²) in [7, 11) is 0. The molecule has 0 spiro atoms. The second-order valence-corrected chi connectivity index (χ2v) is 9.41. The number of rotatable bonds is 6. The number of amides is 1. The largest absolute Gasteiger partial charge is 0.411 e. The number of benzene rings is 1. The standard InChI is InChI=1S/C26H32N6O2/c1-3-32-25-22(15-28-32)24(30-20-9-11-21(31-34)12-10-20)23(14-27-25)26(33)29-16(2)18-8-7-17-5-4-6-19(17)13-18/h7-8,13-16,20,34H,3-6,9-12H2,1-2H3,(H,27,30)(H,29,33). The molecule has 1 amide bonds. The van der Waals surface area contributed by atoms with Gasteiger partial charge < -0.3 is 15.8 Å². The lowest BCUT2D eigenvalue weighted by Crippen LogP contribution is -2.30. The van der Waals surface area contributed by atoms with Crippen LogP contribution in [0, 0.1) is 0 Å². The number of nitrogens with zero attached hydrogens (tertiary/aromatic N) is 4. The summed E-state index contributed by atoms with van der Waals surface area (Å²) in [6.45, 7) is 4.76. The van der Waals surface area contributed by atoms with Crippen LogP contribution in [0.15, 0.2) is 35.7 Å². The van der Waals surface area contributed by atoms with Gasteiger partial charge in [-0.15, -0.1) is 0 Å². The third kappa shape index (κ3) is 4.24. The van der Waals surface area contributed by atoms with Crippen LogP contribution in [-0.4, -0.2) is 37.6 Å². The third-order valence-electron chi connectivity index (χ3n) is 7.23. The summed E-state index contributed by atoms with van der Waals surface area (Å²) in [5.74, 6) is -0.150. The average Bonchev–Trinajstić information content (AvgIpc) is 3.51. The summed E-state index contributed by atoms with van der Waals surface area (Å²) in [4.78, 5) is 18.1. The molecule has 2 aliphatic rings. The Bertz CT molecular complexity index is 1240. The Hall–Kier alpha value is -3.42. The molecule has 3 N–H and O–H groups in total. The first-order valence-electron chi connectivity index (χ1n) is 12.3. The normalized spacial score (nSPS) is 18.5. The van der Waals surface area contributed by atoms with Crippen LogP contribution in [0.4, 0.5) is 5.69 Å². The van der Waals surface area contributed by atoms with E-state index in [4.69, 9.17) is 5.21 Å². The Morgan fingerprint density at radius 1 is 1.21 bits per heavy atom. The Labute approximate surface area is 199 Å². The van der Waals surface area contributed by atoms with Crippen LogP contribution in [0.1, 0.15) is 79.0 Å². The van der Waals surface area contributed by atoms with E-state index in [1.807, 2.05) is 18.5 Å². The van der Waals surface area contributed by atoms with Crippen molar-refractivity contribution >= 4 is 28.3 Å². The summed E-state index contributed by atoms with van der Waals surface area (Å²) in [6, 6.07) is 6.64. The van der Waals surface area contributed by atoms with Gasteiger partial charge in [0.15, 0.2) is 5.65 Å². The zero-order chi connectivity index (χ0) is 23.7. The molecule has 3 aromatic rings. The van der Waals surface area contributed by atoms with Crippen molar-refractivity contribution in [3.63, 3.8) is 0 Å². The second-order valence-electron chi connectivity index (χ2n) is 9.41. The number of pyridine rings is 1. The molecule has 0 aliphatic heterocycles. The first-order chi connectivity index (χ1) is 16.6. The molecule has 0 bridgehead atoms. The monoisotopic (exact) mass is 460 g/mol. The number of carbonyl (C=O) groups excluding carboxylic acids is 1. The molecule has 2 aliphatic carbocycles. The van der Waals surface area contributed by atoms with Gasteiger partial charge in [0.1, 0.15) is 0 Å². The molecule has 8 nitrogen and oxygen atoms in total. The molecule has 1 saturated carbocycles. The number of oxime groups is 1. The fraction of sp³-hybridized carbons (Fsp3) is 0.462. The highest BCUT2D eigenvalue weighted by Crippen LogP contribution is 2.31. The molecule has 1 atom stereocenters. The summed E-state index contributed by atoms with van der Waals surface area (Å²) < 4.78 is 1.84. The van der Waals surface area contributed by atoms with Gasteiger partial charge in [-0.05, 0) is 75.5 Å². The second kappa shape index (κ2) is 9.44. The van der Waals surface area contributed by atoms with E-state index < -0.39 is 0 Å². The minimum absolute atomic E-state index is 0.113. The summed E-state index contributed by atoms with van der Waals surface area (Å²) in [5, 5.41) is 24.6. The maximum absolute atomic E-state index is 13.5. The first-order valence-corrected chi connectivity index (χ1v) is 12.3. The number of aromatic nitrogens is 3. The maximum Gasteiger partial charge on any atom is 0.255 e. The molecule has 1 aromatic carbocycles. The Morgan fingerprint density at radius 3 is 2.76 bits per heavy atom. The smallest absolute Gasteiger partial charge is 0.255 e. The predicted octanol–water partition coefficient (Wildman–Crippen LogP) is 4.62. The molecular formula is C26H32N6O2. The molecule has 5 rings (SSSR count). The number of nitrogens with one attached hydrogen (secondary N) is 2. The number of hydrogen-bond acceptors (Lipinski definition) is 6. The fourth-order valence-corrected chi connectivity index (χ4v) is 5.20. The van der Waals surface area contributed by atoms with Crippen LogP contribution < -0.4 is 10.6 Å². The van der Waals surface area contributed by atoms with Crippen LogP contribution in [0.3, 0.4) is 0 Å². The van der Waals surface area contributed by atoms with Crippen molar-refractivity contribution in [3.05, 3.63) is 52.8 Å². The van der Waals surface area contributed by atoms with E-state index in [0.29, 0.717) is 12.1 Å². The van der Waals surface area contributed by atoms with Crippen molar-refractivity contribution in [1.82, 2.24) is 20.1 Å². The zero-order valence-corrected chi connectivity index (χ0v) is 19.8. The van der Waals surface area contributed by atoms with Crippen molar-refractivity contribution in [2.24, 2.45) is 5.16 Å². The molecule has 0 radical (unpaired) electrons. The molecule has 178 valence electrons. The van der Waals surface area contributed by atoms with Crippen molar-refractivity contribution in [2.75, 3.05) is 5.32 Å². The third-order valence-corrected chi connectivity index (χ3v) is 7.23. The van der Waals surface area contributed by atoms with Crippen molar-refractivity contribution < 1.29 is 10.0 Å². The van der Waals surface area contributed by atoms with Crippen LogP contribution in [0.5, 0.6) is 0 Å². The quantitative estimate of drug-likeness (QED) is 0.368. The Morgan fingerprint density at radius 2 is 2.00 bits per heavy atom. The molecular weight excluding hydrogens is 428 g/mol. The summed E-state index contributed by atoms with van der Waals surface area (Å²) in [5.41, 5.74) is 6.85. The highest BCUT2D eigenvalue weighted by molar-refractivity contribution is 6.06. The maximum atomic E-state index is 13.5. The van der Waals surface area contributed by atoms with Gasteiger partial charge in [-0.2, -0.15) is 5.10 Å². The van der Waals surface area contributed by atoms with E-state index in [-0.39, 0.29) is 18.0 Å². The Balaban J connectivity index is 1.42. The van der Waals surface area contributed by atoms with E-state index in [1.165, 1.54) is 17.5 Å². The number of hydrogen-bond donors (Lipinski definition) is 3. The van der Waals surface area contributed by atoms with Crippen molar-refractivity contribution in [3.8, 4) is 0 Å². The van der Waals surface area contributed by atoms with E-state index >= 15 is 0 Å². The molecule has 8 heteroatoms. The van der Waals surface area contributed by atoms with Gasteiger partial charge >= 0.3 is 0 Å². The van der Waals surface area contributed by atoms with Gasteiger partial charge in [-0.1, -0.05) is 23.4 Å². The predicted molar refractivity (Wildman–Crippen MR) is 133 cm³/mol. The highest BCUT2D eigenvalue weighted by atomic mass is 16.4. The average molecular weight is 461 g/mol. The SMILES string of the molecule is CCn1ncc2c(NC3CCC(=NO)CC3)c(C(=O)NC(C)c3ccc4c(c3)CCC4)cnc21. The molecule has 0 saturated heterocycles. The lowest BCUT2D eigenvalue weighted by Gasteiger charge is -2.26. The van der Waals surface area contributed by atoms with Crippen molar-refractivity contribution in [1.29, 1.82) is 0 Å². The van der Waals surface area contributed by atoms with Gasteiger partial charge in [-0.3, -0.25) is 4.79 Å². The summed E-state index contributed by atoms with van der Waals surface area (Å²) in [6.07, 6.45) is 10.1. The van der Waals surface area contributed by atoms with Crippen LogP contribution in [-0.2, 0) is 19.4 Å². The lowest BCUT2D eigenvalue weighted by molar-refractivity contribution is 0.0940. The van der Waals surface area contributed by atoms with Gasteiger partial charge in [0, 0.05) is 18.8 Å². The minimum Gasteiger partial charge on any atom is -0.411 e. The van der Waals surface area contributed by atoms with Gasteiger partial charge in [0.2, 0.25) is 0 Å². The van der Waals surface area contributed by atoms with Crippen LogP contribution in [0.2, 0.25) is 0 Å². The fourth-order valence-electron chi connectivity index (χ4n) is 5.20. The molecule has 34 heavy (non-hydrogen) atoms. The number of aryl methyl sites for hydroxylation is 3. The van der Waals surface area contributed by atoms with Gasteiger partial charge in [0.05, 0.1) is 34.6 Å². The molecule has 1 unspecified atom stereocenters. The number of anilines is 1. The van der Waals surface area contributed by atoms with E-state index in [2.05, 4.69) is 44.1 Å². The molecule has 2 heterocycles. The summed E-state index contributed by atoms with van der Waals surface area (Å²) >= 11 is 0. The lowest BCUT2D eigenvalue weighted by atomic mass is 9.93. The van der Waals surface area contributed by atoms with Gasteiger partial charge in [0.25, 0.3) is 5.91 Å². The first kappa shape index (κ1) is 22.4. The topological polar surface area (TPSA) is 104 Å². The Kier molecular flexibility index (Phi) is 6.22. The number of carbonyl (C=O) groups is 1. The van der Waals surface area contributed by atoms with E-state index in [9.17, 15) is 4.79 Å². The van der Waals surface area contributed by atoms with Crippen molar-refractivity contribution in [2.45, 2.75) is 77.4 Å². The highest BCUT2D eigenvalue weighted by Gasteiger charge is 2.24. The zero-order valence-electron chi connectivity index (χ0n) is 19.8. The van der Waals surface area contributed by atoms with E-state index in [1.54, 1.807) is 12.4 Å². The van der Waals surface area contributed by atoms with Crippen LogP contribution >= 0.6 is 0 Å². The molecule has 1 fully saturated rings.